The maximum atomic E-state index is 13.3. The van der Waals surface area contributed by atoms with Gasteiger partial charge in [-0.1, -0.05) is 0 Å². The van der Waals surface area contributed by atoms with E-state index in [1.165, 1.54) is 23.5 Å². The lowest BCUT2D eigenvalue weighted by atomic mass is 10.0. The van der Waals surface area contributed by atoms with Crippen LogP contribution in [0, 0.1) is 17.1 Å². The first kappa shape index (κ1) is 12.4. The molecule has 0 bridgehead atoms. The van der Waals surface area contributed by atoms with Gasteiger partial charge in [0, 0.05) is 16.5 Å². The number of nitriles is 1. The van der Waals surface area contributed by atoms with Crippen LogP contribution in [0.4, 0.5) is 9.39 Å². The van der Waals surface area contributed by atoms with Crippen molar-refractivity contribution < 1.29 is 9.13 Å². The van der Waals surface area contributed by atoms with Gasteiger partial charge in [0.2, 0.25) is 0 Å². The van der Waals surface area contributed by atoms with Gasteiger partial charge in [-0.05, 0) is 25.1 Å². The number of thiophene rings is 1. The zero-order chi connectivity index (χ0) is 13.1. The van der Waals surface area contributed by atoms with Crippen LogP contribution >= 0.6 is 11.3 Å². The summed E-state index contributed by atoms with van der Waals surface area (Å²) in [7, 11) is 0. The molecule has 0 radical (unpaired) electrons. The zero-order valence-corrected chi connectivity index (χ0v) is 10.6. The van der Waals surface area contributed by atoms with Crippen molar-refractivity contribution in [3.63, 3.8) is 0 Å². The molecule has 2 aromatic rings. The lowest BCUT2D eigenvalue weighted by Gasteiger charge is -2.09. The molecular weight excluding hydrogens is 251 g/mol. The topological polar surface area (TPSA) is 59.0 Å². The second-order valence-electron chi connectivity index (χ2n) is 3.57. The Labute approximate surface area is 108 Å². The minimum atomic E-state index is -0.373. The highest BCUT2D eigenvalue weighted by molar-refractivity contribution is 7.14. The number of hydrogen-bond acceptors (Lipinski definition) is 4. The van der Waals surface area contributed by atoms with Crippen LogP contribution in [0.5, 0.6) is 5.75 Å². The SMILES string of the molecule is CCOc1ccc(F)cc1-c1csc(N)c1C#N. The summed E-state index contributed by atoms with van der Waals surface area (Å²) in [5.41, 5.74) is 7.25. The molecule has 0 saturated carbocycles. The van der Waals surface area contributed by atoms with Crippen molar-refractivity contribution in [3.05, 3.63) is 35.0 Å². The molecule has 0 unspecified atom stereocenters. The van der Waals surface area contributed by atoms with Crippen LogP contribution in [0.3, 0.4) is 0 Å². The molecule has 5 heteroatoms. The lowest BCUT2D eigenvalue weighted by molar-refractivity contribution is 0.341. The summed E-state index contributed by atoms with van der Waals surface area (Å²) in [6.07, 6.45) is 0. The molecule has 0 aliphatic carbocycles. The van der Waals surface area contributed by atoms with Crippen molar-refractivity contribution in [1.82, 2.24) is 0 Å². The molecule has 1 aromatic carbocycles. The average molecular weight is 262 g/mol. The maximum Gasteiger partial charge on any atom is 0.127 e. The number of nitrogens with two attached hydrogens (primary N) is 1. The smallest absolute Gasteiger partial charge is 0.127 e. The number of nitrogens with zero attached hydrogens (tertiary/aromatic N) is 1. The average Bonchev–Trinajstić information content (AvgIpc) is 2.73. The van der Waals surface area contributed by atoms with Gasteiger partial charge in [0.1, 0.15) is 22.6 Å². The number of benzene rings is 1. The number of ether oxygens (including phenoxy) is 1. The molecule has 0 aliphatic heterocycles. The molecule has 18 heavy (non-hydrogen) atoms. The van der Waals surface area contributed by atoms with Crippen molar-refractivity contribution in [1.29, 1.82) is 5.26 Å². The van der Waals surface area contributed by atoms with E-state index in [2.05, 4.69) is 0 Å². The predicted molar refractivity (Wildman–Crippen MR) is 70.0 cm³/mol. The normalized spacial score (nSPS) is 10.1. The monoisotopic (exact) mass is 262 g/mol. The molecule has 0 spiro atoms. The van der Waals surface area contributed by atoms with Crippen molar-refractivity contribution >= 4 is 16.3 Å². The van der Waals surface area contributed by atoms with Crippen molar-refractivity contribution in [3.8, 4) is 22.9 Å². The van der Waals surface area contributed by atoms with E-state index in [1.807, 2.05) is 13.0 Å². The third kappa shape index (κ3) is 2.15. The lowest BCUT2D eigenvalue weighted by Crippen LogP contribution is -1.95. The quantitative estimate of drug-likeness (QED) is 0.922. The van der Waals surface area contributed by atoms with Gasteiger partial charge in [-0.3, -0.25) is 0 Å². The maximum absolute atomic E-state index is 13.3. The van der Waals surface area contributed by atoms with Crippen LogP contribution in [-0.4, -0.2) is 6.61 Å². The van der Waals surface area contributed by atoms with Gasteiger partial charge in [-0.25, -0.2) is 4.39 Å². The largest absolute Gasteiger partial charge is 0.493 e. The minimum Gasteiger partial charge on any atom is -0.493 e. The van der Waals surface area contributed by atoms with Gasteiger partial charge in [0.05, 0.1) is 12.2 Å². The fraction of sp³-hybridized carbons (Fsp3) is 0.154. The molecule has 0 fully saturated rings. The minimum absolute atomic E-state index is 0.367. The number of anilines is 1. The van der Waals surface area contributed by atoms with Crippen LogP contribution in [-0.2, 0) is 0 Å². The van der Waals surface area contributed by atoms with Crippen LogP contribution in [0.2, 0.25) is 0 Å². The Hall–Kier alpha value is -2.06. The molecule has 1 aromatic heterocycles. The Morgan fingerprint density at radius 3 is 2.89 bits per heavy atom. The standard InChI is InChI=1S/C13H11FN2OS/c1-2-17-12-4-3-8(14)5-9(12)11-7-18-13(16)10(11)6-15/h3-5,7H,2,16H2,1H3. The van der Waals surface area contributed by atoms with Gasteiger partial charge < -0.3 is 10.5 Å². The van der Waals surface area contributed by atoms with Crippen LogP contribution in [0.1, 0.15) is 12.5 Å². The molecule has 0 atom stereocenters. The van der Waals surface area contributed by atoms with Crippen molar-refractivity contribution in [2.24, 2.45) is 0 Å². The van der Waals surface area contributed by atoms with E-state index in [1.54, 1.807) is 11.4 Å². The van der Waals surface area contributed by atoms with E-state index < -0.39 is 0 Å². The third-order valence-corrected chi connectivity index (χ3v) is 3.27. The summed E-state index contributed by atoms with van der Waals surface area (Å²) in [6.45, 7) is 2.32. The number of halogens is 1. The highest BCUT2D eigenvalue weighted by Crippen LogP contribution is 2.38. The Kier molecular flexibility index (Phi) is 3.49. The van der Waals surface area contributed by atoms with Gasteiger partial charge in [0.25, 0.3) is 0 Å². The Morgan fingerprint density at radius 1 is 1.44 bits per heavy atom. The fourth-order valence-corrected chi connectivity index (χ4v) is 2.44. The van der Waals surface area contributed by atoms with E-state index in [-0.39, 0.29) is 5.82 Å². The van der Waals surface area contributed by atoms with Crippen LogP contribution in [0.25, 0.3) is 11.1 Å². The van der Waals surface area contributed by atoms with Crippen LogP contribution < -0.4 is 10.5 Å². The highest BCUT2D eigenvalue weighted by Gasteiger charge is 2.15. The third-order valence-electron chi connectivity index (χ3n) is 2.46. The fourth-order valence-electron chi connectivity index (χ4n) is 1.68. The summed E-state index contributed by atoms with van der Waals surface area (Å²) in [5.74, 6) is 0.176. The van der Waals surface area contributed by atoms with Crippen LogP contribution in [0.15, 0.2) is 23.6 Å². The summed E-state index contributed by atoms with van der Waals surface area (Å²) in [6, 6.07) is 6.28. The molecule has 2 N–H and O–H groups in total. The van der Waals surface area contributed by atoms with Gasteiger partial charge in [-0.2, -0.15) is 5.26 Å². The van der Waals surface area contributed by atoms with E-state index in [0.29, 0.717) is 34.0 Å². The molecule has 0 amide bonds. The second-order valence-corrected chi connectivity index (χ2v) is 4.49. The zero-order valence-electron chi connectivity index (χ0n) is 9.74. The summed E-state index contributed by atoms with van der Waals surface area (Å²) < 4.78 is 18.8. The summed E-state index contributed by atoms with van der Waals surface area (Å²) >= 11 is 1.26. The number of hydrogen-bond donors (Lipinski definition) is 1. The number of rotatable bonds is 3. The van der Waals surface area contributed by atoms with Crippen molar-refractivity contribution in [2.75, 3.05) is 12.3 Å². The summed E-state index contributed by atoms with van der Waals surface area (Å²) in [4.78, 5) is 0. The molecule has 2 rings (SSSR count). The first-order valence-electron chi connectivity index (χ1n) is 5.37. The predicted octanol–water partition coefficient (Wildman–Crippen LogP) is 3.41. The van der Waals surface area contributed by atoms with Gasteiger partial charge in [-0.15, -0.1) is 11.3 Å². The van der Waals surface area contributed by atoms with Gasteiger partial charge >= 0.3 is 0 Å². The summed E-state index contributed by atoms with van der Waals surface area (Å²) in [5, 5.41) is 11.3. The van der Waals surface area contributed by atoms with E-state index in [9.17, 15) is 4.39 Å². The van der Waals surface area contributed by atoms with E-state index >= 15 is 0 Å². The van der Waals surface area contributed by atoms with Crippen molar-refractivity contribution in [2.45, 2.75) is 6.92 Å². The van der Waals surface area contributed by atoms with Gasteiger partial charge in [0.15, 0.2) is 0 Å². The molecular formula is C13H11FN2OS. The Morgan fingerprint density at radius 2 is 2.22 bits per heavy atom. The molecule has 3 nitrogen and oxygen atoms in total. The first-order chi connectivity index (χ1) is 8.67. The molecule has 0 aliphatic rings. The van der Waals surface area contributed by atoms with E-state index in [0.717, 1.165) is 0 Å². The molecule has 0 saturated heterocycles. The Bertz CT molecular complexity index is 616. The molecule has 92 valence electrons. The Balaban J connectivity index is 2.62. The first-order valence-corrected chi connectivity index (χ1v) is 6.25. The van der Waals surface area contributed by atoms with E-state index in [4.69, 9.17) is 15.7 Å². The highest BCUT2D eigenvalue weighted by atomic mass is 32.1. The second kappa shape index (κ2) is 5.07. The number of nitrogen functional groups attached to an aromatic ring is 1. The molecule has 1 heterocycles.